The Balaban J connectivity index is 1.34. The highest BCUT2D eigenvalue weighted by Crippen LogP contribution is 2.37. The zero-order valence-corrected chi connectivity index (χ0v) is 16.9. The fourth-order valence-electron chi connectivity index (χ4n) is 3.93. The van der Waals surface area contributed by atoms with Crippen LogP contribution in [-0.2, 0) is 11.5 Å². The Bertz CT molecular complexity index is 1080. The lowest BCUT2D eigenvalue weighted by molar-refractivity contribution is -0.360. The first-order valence-corrected chi connectivity index (χ1v) is 10.2. The molecule has 0 aliphatic carbocycles. The highest BCUT2D eigenvalue weighted by atomic mass is 19.4. The van der Waals surface area contributed by atoms with E-state index in [9.17, 15) is 27.1 Å². The van der Waals surface area contributed by atoms with E-state index in [2.05, 4.69) is 14.6 Å². The quantitative estimate of drug-likeness (QED) is 0.424. The first-order chi connectivity index (χ1) is 15.1. The highest BCUT2D eigenvalue weighted by molar-refractivity contribution is 5.87. The van der Waals surface area contributed by atoms with Crippen molar-refractivity contribution in [1.29, 1.82) is 0 Å². The lowest BCUT2D eigenvalue weighted by atomic mass is 9.90. The van der Waals surface area contributed by atoms with Gasteiger partial charge in [0.1, 0.15) is 5.75 Å². The molecule has 0 spiro atoms. The summed E-state index contributed by atoms with van der Waals surface area (Å²) in [5.74, 6) is -0.242. The molecule has 4 nitrogen and oxygen atoms in total. The third-order valence-electron chi connectivity index (χ3n) is 5.69. The van der Waals surface area contributed by atoms with Crippen molar-refractivity contribution in [1.82, 2.24) is 4.98 Å². The molecule has 4 rings (SSSR count). The minimum absolute atomic E-state index is 0.0628. The summed E-state index contributed by atoms with van der Waals surface area (Å²) >= 11 is 0. The minimum Gasteiger partial charge on any atom is -0.426 e. The Morgan fingerprint density at radius 1 is 0.969 bits per heavy atom. The van der Waals surface area contributed by atoms with Crippen LogP contribution >= 0.6 is 0 Å². The van der Waals surface area contributed by atoms with Crippen LogP contribution < -0.4 is 9.64 Å². The number of nitrogens with zero attached hydrogens (tertiary/aromatic N) is 2. The third-order valence-corrected chi connectivity index (χ3v) is 5.69. The van der Waals surface area contributed by atoms with Gasteiger partial charge in [-0.25, -0.2) is 0 Å². The highest BCUT2D eigenvalue weighted by Gasteiger charge is 2.61. The second-order valence-corrected chi connectivity index (χ2v) is 7.91. The number of hydrogen-bond acceptors (Lipinski definition) is 3. The van der Waals surface area contributed by atoms with E-state index >= 15 is 0 Å². The topological polar surface area (TPSA) is 45.3 Å². The largest absolute Gasteiger partial charge is 0.499 e. The molecule has 0 amide bonds. The number of aromatic nitrogens is 1. The zero-order valence-electron chi connectivity index (χ0n) is 16.9. The monoisotopic (exact) mass is 451 g/mol. The van der Waals surface area contributed by atoms with Gasteiger partial charge in [-0.3, -0.25) is 10.1 Å². The Hall–Kier alpha value is -3.10. The van der Waals surface area contributed by atoms with Gasteiger partial charge in [-0.1, -0.05) is 12.1 Å². The Labute approximate surface area is 181 Å². The molecule has 3 aromatic rings. The van der Waals surface area contributed by atoms with E-state index in [1.54, 1.807) is 0 Å². The summed E-state index contributed by atoms with van der Waals surface area (Å²) in [6, 6.07) is 12.4. The number of rotatable bonds is 5. The SMILES string of the molecule is [O]c1ccnc2ccc(N3CCC(Cc4ccc(OC(F)(F)C(F)(F)F)cc4)CC3)cc12. The van der Waals surface area contributed by atoms with Crippen molar-refractivity contribution in [3.63, 3.8) is 0 Å². The first-order valence-electron chi connectivity index (χ1n) is 10.2. The van der Waals surface area contributed by atoms with Crippen molar-refractivity contribution in [3.05, 3.63) is 60.3 Å². The molecular formula is C23H20F5N2O2. The molecule has 32 heavy (non-hydrogen) atoms. The number of fused-ring (bicyclic) bond motifs is 1. The summed E-state index contributed by atoms with van der Waals surface area (Å²) in [4.78, 5) is 6.41. The molecule has 1 fully saturated rings. The van der Waals surface area contributed by atoms with Gasteiger partial charge in [0.25, 0.3) is 0 Å². The molecule has 1 aromatic heterocycles. The van der Waals surface area contributed by atoms with E-state index in [1.807, 2.05) is 18.2 Å². The van der Waals surface area contributed by atoms with Gasteiger partial charge >= 0.3 is 12.3 Å². The summed E-state index contributed by atoms with van der Waals surface area (Å²) in [5.41, 5.74) is 2.48. The maximum absolute atomic E-state index is 13.0. The molecule has 1 aliphatic heterocycles. The lowest BCUT2D eigenvalue weighted by Crippen LogP contribution is -2.41. The Kier molecular flexibility index (Phi) is 5.83. The molecular weight excluding hydrogens is 431 g/mol. The second-order valence-electron chi connectivity index (χ2n) is 7.91. The number of pyridine rings is 1. The maximum Gasteiger partial charge on any atom is 0.499 e. The Morgan fingerprint density at radius 3 is 2.31 bits per heavy atom. The third kappa shape index (κ3) is 4.71. The van der Waals surface area contributed by atoms with E-state index < -0.39 is 18.0 Å². The van der Waals surface area contributed by atoms with Gasteiger partial charge in [0.15, 0.2) is 5.75 Å². The van der Waals surface area contributed by atoms with E-state index in [4.69, 9.17) is 0 Å². The summed E-state index contributed by atoms with van der Waals surface area (Å²) in [7, 11) is 0. The molecule has 0 atom stereocenters. The molecule has 1 saturated heterocycles. The predicted molar refractivity (Wildman–Crippen MR) is 109 cm³/mol. The number of piperidine rings is 1. The van der Waals surface area contributed by atoms with Crippen LogP contribution in [0.1, 0.15) is 18.4 Å². The maximum atomic E-state index is 13.0. The number of benzene rings is 2. The van der Waals surface area contributed by atoms with Crippen LogP contribution in [0.4, 0.5) is 27.6 Å². The summed E-state index contributed by atoms with van der Waals surface area (Å²) in [6.07, 6.45) is -7.03. The number of hydrogen-bond donors (Lipinski definition) is 0. The van der Waals surface area contributed by atoms with Crippen LogP contribution in [-0.4, -0.2) is 30.4 Å². The summed E-state index contributed by atoms with van der Waals surface area (Å²) in [6.45, 7) is 1.59. The number of ether oxygens (including phenoxy) is 1. The molecule has 0 saturated carbocycles. The van der Waals surface area contributed by atoms with Gasteiger partial charge in [-0.2, -0.15) is 22.0 Å². The molecule has 1 radical (unpaired) electrons. The zero-order chi connectivity index (χ0) is 22.9. The lowest BCUT2D eigenvalue weighted by Gasteiger charge is -2.34. The van der Waals surface area contributed by atoms with Crippen LogP contribution in [0.15, 0.2) is 54.7 Å². The van der Waals surface area contributed by atoms with Crippen LogP contribution in [0.25, 0.3) is 10.9 Å². The van der Waals surface area contributed by atoms with Crippen LogP contribution in [0.2, 0.25) is 0 Å². The standard InChI is InChI=1S/C23H20F5N2O2/c24-22(25,26)23(27,28)32-18-4-1-15(2-5-18)13-16-8-11-30(12-9-16)17-3-6-20-19(14-17)21(31)7-10-29-20/h1-7,10,14,16H,8-9,11-13H2. The molecule has 0 bridgehead atoms. The van der Waals surface area contributed by atoms with Crippen LogP contribution in [0.5, 0.6) is 11.5 Å². The van der Waals surface area contributed by atoms with Gasteiger partial charge in [-0.05, 0) is 61.1 Å². The minimum atomic E-state index is -5.77. The number of halogens is 5. The van der Waals surface area contributed by atoms with Crippen molar-refractivity contribution in [2.45, 2.75) is 31.5 Å². The van der Waals surface area contributed by atoms with Gasteiger partial charge in [0.2, 0.25) is 0 Å². The smallest absolute Gasteiger partial charge is 0.426 e. The predicted octanol–water partition coefficient (Wildman–Crippen LogP) is 6.37. The van der Waals surface area contributed by atoms with E-state index in [1.165, 1.54) is 24.4 Å². The fraction of sp³-hybridized carbons (Fsp3) is 0.348. The number of anilines is 1. The molecule has 2 heterocycles. The second kappa shape index (κ2) is 8.44. The fourth-order valence-corrected chi connectivity index (χ4v) is 3.93. The van der Waals surface area contributed by atoms with Gasteiger partial charge in [0.05, 0.1) is 5.52 Å². The van der Waals surface area contributed by atoms with Crippen molar-refractivity contribution < 1.29 is 31.8 Å². The molecule has 169 valence electrons. The van der Waals surface area contributed by atoms with Crippen molar-refractivity contribution in [2.24, 2.45) is 5.92 Å². The molecule has 0 unspecified atom stereocenters. The molecule has 9 heteroatoms. The molecule has 0 N–H and O–H groups in total. The molecule has 2 aromatic carbocycles. The van der Waals surface area contributed by atoms with Crippen molar-refractivity contribution in [3.8, 4) is 11.5 Å². The van der Waals surface area contributed by atoms with Gasteiger partial charge in [-0.15, -0.1) is 0 Å². The van der Waals surface area contributed by atoms with E-state index in [0.29, 0.717) is 23.2 Å². The van der Waals surface area contributed by atoms with Crippen molar-refractivity contribution >= 4 is 16.6 Å². The molecule has 1 aliphatic rings. The normalized spacial score (nSPS) is 15.8. The average Bonchev–Trinajstić information content (AvgIpc) is 2.75. The van der Waals surface area contributed by atoms with Gasteiger partial charge < -0.3 is 9.64 Å². The van der Waals surface area contributed by atoms with Crippen molar-refractivity contribution in [2.75, 3.05) is 18.0 Å². The average molecular weight is 451 g/mol. The first kappa shape index (κ1) is 22.1. The Morgan fingerprint density at radius 2 is 1.66 bits per heavy atom. The van der Waals surface area contributed by atoms with E-state index in [0.717, 1.165) is 49.3 Å². The van der Waals surface area contributed by atoms with Crippen LogP contribution in [0, 0.1) is 5.92 Å². The van der Waals surface area contributed by atoms with Gasteiger partial charge in [0, 0.05) is 36.4 Å². The summed E-state index contributed by atoms with van der Waals surface area (Å²) < 4.78 is 66.6. The number of alkyl halides is 5. The van der Waals surface area contributed by atoms with E-state index in [-0.39, 0.29) is 5.75 Å². The summed E-state index contributed by atoms with van der Waals surface area (Å²) in [5, 5.41) is 12.6. The van der Waals surface area contributed by atoms with Crippen LogP contribution in [0.3, 0.4) is 0 Å².